The van der Waals surface area contributed by atoms with Crippen molar-refractivity contribution in [2.45, 2.75) is 25.3 Å². The third kappa shape index (κ3) is 3.71. The van der Waals surface area contributed by atoms with E-state index in [0.717, 1.165) is 24.1 Å². The maximum Gasteiger partial charge on any atom is 0.246 e. The van der Waals surface area contributed by atoms with Gasteiger partial charge in [0.05, 0.1) is 17.6 Å². The lowest BCUT2D eigenvalue weighted by atomic mass is 10.1. The molecule has 1 fully saturated rings. The Bertz CT molecular complexity index is 725. The minimum Gasteiger partial charge on any atom is -0.336 e. The number of aromatic nitrogens is 1. The molecule has 0 unspecified atom stereocenters. The second-order valence-electron chi connectivity index (χ2n) is 5.73. The molecule has 6 heteroatoms. The molecule has 0 bridgehead atoms. The second kappa shape index (κ2) is 7.40. The number of pyridine rings is 1. The topological polar surface area (TPSA) is 62.3 Å². The van der Waals surface area contributed by atoms with Crippen LogP contribution in [0.15, 0.2) is 47.8 Å². The van der Waals surface area contributed by atoms with E-state index in [1.54, 1.807) is 22.4 Å². The first kappa shape index (κ1) is 16.4. The molecule has 3 rings (SSSR count). The van der Waals surface area contributed by atoms with Gasteiger partial charge in [-0.15, -0.1) is 0 Å². The lowest BCUT2D eigenvalue weighted by Gasteiger charge is -2.22. The molecular formula is C18H19N3O2S. The van der Waals surface area contributed by atoms with Crippen LogP contribution in [0.5, 0.6) is 0 Å². The number of carbonyl (C=O) groups is 2. The van der Waals surface area contributed by atoms with Gasteiger partial charge in [0, 0.05) is 30.0 Å². The largest absolute Gasteiger partial charge is 0.336 e. The van der Waals surface area contributed by atoms with Crippen molar-refractivity contribution in [1.29, 1.82) is 0 Å². The predicted molar refractivity (Wildman–Crippen MR) is 95.7 cm³/mol. The molecule has 1 N–H and O–H groups in total. The Morgan fingerprint density at radius 3 is 2.96 bits per heavy atom. The van der Waals surface area contributed by atoms with Crippen LogP contribution in [0.25, 0.3) is 11.3 Å². The molecule has 0 aliphatic carbocycles. The normalized spacial score (nSPS) is 16.8. The third-order valence-electron chi connectivity index (χ3n) is 4.12. The van der Waals surface area contributed by atoms with E-state index in [1.165, 1.54) is 6.08 Å². The van der Waals surface area contributed by atoms with Crippen LogP contribution in [0.3, 0.4) is 0 Å². The maximum absolute atomic E-state index is 12.2. The van der Waals surface area contributed by atoms with Crippen LogP contribution in [-0.4, -0.2) is 34.3 Å². The number of thiophene rings is 1. The number of hydrogen-bond acceptors (Lipinski definition) is 4. The number of likely N-dealkylation sites (tertiary alicyclic amines) is 1. The first-order chi connectivity index (χ1) is 11.7. The van der Waals surface area contributed by atoms with E-state index in [0.29, 0.717) is 18.7 Å². The molecule has 1 aliphatic heterocycles. The number of anilines is 1. The second-order valence-corrected chi connectivity index (χ2v) is 6.51. The van der Waals surface area contributed by atoms with Crippen LogP contribution in [-0.2, 0) is 9.59 Å². The van der Waals surface area contributed by atoms with Crippen LogP contribution < -0.4 is 5.32 Å². The average molecular weight is 341 g/mol. The van der Waals surface area contributed by atoms with Crippen molar-refractivity contribution in [1.82, 2.24) is 9.88 Å². The summed E-state index contributed by atoms with van der Waals surface area (Å²) in [6, 6.07) is 5.70. The van der Waals surface area contributed by atoms with Crippen molar-refractivity contribution in [3.05, 3.63) is 47.8 Å². The predicted octanol–water partition coefficient (Wildman–Crippen LogP) is 3.32. The lowest BCUT2D eigenvalue weighted by Crippen LogP contribution is -2.36. The van der Waals surface area contributed by atoms with Gasteiger partial charge in [0.1, 0.15) is 0 Å². The van der Waals surface area contributed by atoms with Crippen LogP contribution in [0, 0.1) is 0 Å². The third-order valence-corrected chi connectivity index (χ3v) is 4.80. The molecule has 0 saturated carbocycles. The molecular weight excluding hydrogens is 322 g/mol. The fraction of sp³-hybridized carbons (Fsp3) is 0.278. The quantitative estimate of drug-likeness (QED) is 0.849. The molecule has 5 nitrogen and oxygen atoms in total. The minimum atomic E-state index is -0.105. The van der Waals surface area contributed by atoms with Gasteiger partial charge in [0.25, 0.3) is 0 Å². The number of nitrogens with one attached hydrogen (secondary N) is 1. The number of nitrogens with zero attached hydrogens (tertiary/aromatic N) is 2. The highest BCUT2D eigenvalue weighted by Crippen LogP contribution is 2.23. The smallest absolute Gasteiger partial charge is 0.246 e. The van der Waals surface area contributed by atoms with E-state index in [9.17, 15) is 9.59 Å². The first-order valence-electron chi connectivity index (χ1n) is 7.89. The van der Waals surface area contributed by atoms with Crippen molar-refractivity contribution in [2.24, 2.45) is 0 Å². The maximum atomic E-state index is 12.2. The Labute approximate surface area is 145 Å². The zero-order chi connectivity index (χ0) is 16.9. The summed E-state index contributed by atoms with van der Waals surface area (Å²) >= 11 is 1.62. The van der Waals surface area contributed by atoms with Crippen LogP contribution in [0.2, 0.25) is 0 Å². The molecule has 0 radical (unpaired) electrons. The van der Waals surface area contributed by atoms with E-state index in [-0.39, 0.29) is 17.9 Å². The van der Waals surface area contributed by atoms with E-state index in [2.05, 4.69) is 16.9 Å². The molecule has 1 atom stereocenters. The van der Waals surface area contributed by atoms with Crippen LogP contribution in [0.4, 0.5) is 5.69 Å². The van der Waals surface area contributed by atoms with Crippen molar-refractivity contribution >= 4 is 28.8 Å². The molecule has 0 spiro atoms. The molecule has 2 aromatic heterocycles. The van der Waals surface area contributed by atoms with Gasteiger partial charge in [-0.3, -0.25) is 14.6 Å². The molecule has 2 amide bonds. The SMILES string of the molecule is C=CC(=O)N1CCC[C@@H]1CC(=O)Nc1ccc(-c2ccsc2)nc1. The van der Waals surface area contributed by atoms with Crippen LogP contribution >= 0.6 is 11.3 Å². The standard InChI is InChI=1S/C18H19N3O2S/c1-2-18(23)21-8-3-4-15(21)10-17(22)20-14-5-6-16(19-11-14)13-7-9-24-12-13/h2,5-7,9,11-12,15H,1,3-4,8,10H2,(H,20,22)/t15-/m1/s1. The van der Waals surface area contributed by atoms with Gasteiger partial charge in [-0.05, 0) is 42.5 Å². The number of rotatable bonds is 5. The van der Waals surface area contributed by atoms with Crippen molar-refractivity contribution in [3.63, 3.8) is 0 Å². The van der Waals surface area contributed by atoms with Gasteiger partial charge in [0.2, 0.25) is 11.8 Å². The van der Waals surface area contributed by atoms with Gasteiger partial charge in [-0.2, -0.15) is 11.3 Å². The van der Waals surface area contributed by atoms with Crippen molar-refractivity contribution in [3.8, 4) is 11.3 Å². The Balaban J connectivity index is 1.58. The summed E-state index contributed by atoms with van der Waals surface area (Å²) in [5.74, 6) is -0.207. The highest BCUT2D eigenvalue weighted by atomic mass is 32.1. The lowest BCUT2D eigenvalue weighted by molar-refractivity contribution is -0.127. The Hall–Kier alpha value is -2.47. The van der Waals surface area contributed by atoms with E-state index >= 15 is 0 Å². The molecule has 1 aliphatic rings. The molecule has 3 heterocycles. The Kier molecular flexibility index (Phi) is 5.05. The average Bonchev–Trinajstić information content (AvgIpc) is 3.26. The van der Waals surface area contributed by atoms with E-state index < -0.39 is 0 Å². The van der Waals surface area contributed by atoms with Gasteiger partial charge in [-0.1, -0.05) is 6.58 Å². The summed E-state index contributed by atoms with van der Waals surface area (Å²) in [5, 5.41) is 6.89. The highest BCUT2D eigenvalue weighted by molar-refractivity contribution is 7.08. The number of hydrogen-bond donors (Lipinski definition) is 1. The van der Waals surface area contributed by atoms with Crippen molar-refractivity contribution in [2.75, 3.05) is 11.9 Å². The first-order valence-corrected chi connectivity index (χ1v) is 8.83. The van der Waals surface area contributed by atoms with E-state index in [1.807, 2.05) is 29.0 Å². The number of amides is 2. The zero-order valence-corrected chi connectivity index (χ0v) is 14.1. The van der Waals surface area contributed by atoms with Crippen molar-refractivity contribution < 1.29 is 9.59 Å². The highest BCUT2D eigenvalue weighted by Gasteiger charge is 2.29. The molecule has 124 valence electrons. The zero-order valence-electron chi connectivity index (χ0n) is 13.3. The summed E-state index contributed by atoms with van der Waals surface area (Å²) in [5.41, 5.74) is 2.62. The molecule has 0 aromatic carbocycles. The summed E-state index contributed by atoms with van der Waals surface area (Å²) < 4.78 is 0. The Morgan fingerprint density at radius 1 is 1.42 bits per heavy atom. The summed E-state index contributed by atoms with van der Waals surface area (Å²) in [4.78, 5) is 30.1. The van der Waals surface area contributed by atoms with Gasteiger partial charge in [0.15, 0.2) is 0 Å². The summed E-state index contributed by atoms with van der Waals surface area (Å²) in [6.07, 6.45) is 5.04. The summed E-state index contributed by atoms with van der Waals surface area (Å²) in [7, 11) is 0. The molecule has 24 heavy (non-hydrogen) atoms. The molecule has 2 aromatic rings. The van der Waals surface area contributed by atoms with Gasteiger partial charge >= 0.3 is 0 Å². The summed E-state index contributed by atoms with van der Waals surface area (Å²) in [6.45, 7) is 4.21. The minimum absolute atomic E-state index is 0.0476. The fourth-order valence-electron chi connectivity index (χ4n) is 2.93. The van der Waals surface area contributed by atoms with Gasteiger partial charge < -0.3 is 10.2 Å². The molecule has 1 saturated heterocycles. The van der Waals surface area contributed by atoms with Crippen LogP contribution in [0.1, 0.15) is 19.3 Å². The van der Waals surface area contributed by atoms with E-state index in [4.69, 9.17) is 0 Å². The monoisotopic (exact) mass is 341 g/mol. The fourth-order valence-corrected chi connectivity index (χ4v) is 3.58. The Morgan fingerprint density at radius 2 is 2.29 bits per heavy atom. The van der Waals surface area contributed by atoms with Gasteiger partial charge in [-0.25, -0.2) is 0 Å². The number of carbonyl (C=O) groups excluding carboxylic acids is 2.